The van der Waals surface area contributed by atoms with E-state index in [9.17, 15) is 4.79 Å². The van der Waals surface area contributed by atoms with E-state index in [0.29, 0.717) is 0 Å². The standard InChI is InChI=1S/C10H20N2O/c13-9-12-6-2-1-3-10-4-7-11-8-5-10/h9-11H,1-8H2,(H,12,13). The second-order valence-electron chi connectivity index (χ2n) is 3.76. The van der Waals surface area contributed by atoms with Crippen LogP contribution in [0.25, 0.3) is 0 Å². The summed E-state index contributed by atoms with van der Waals surface area (Å²) >= 11 is 0. The first kappa shape index (κ1) is 10.5. The molecule has 1 rings (SSSR count). The minimum absolute atomic E-state index is 0.782. The van der Waals surface area contributed by atoms with Crippen LogP contribution in [0, 0.1) is 5.92 Å². The van der Waals surface area contributed by atoms with E-state index >= 15 is 0 Å². The molecule has 0 unspecified atom stereocenters. The van der Waals surface area contributed by atoms with Gasteiger partial charge in [-0.25, -0.2) is 0 Å². The highest BCUT2D eigenvalue weighted by molar-refractivity contribution is 5.45. The molecule has 3 heteroatoms. The normalized spacial score (nSPS) is 18.5. The first-order chi connectivity index (χ1) is 6.43. The van der Waals surface area contributed by atoms with Crippen LogP contribution in [-0.2, 0) is 4.79 Å². The Labute approximate surface area is 80.3 Å². The van der Waals surface area contributed by atoms with Crippen molar-refractivity contribution in [1.82, 2.24) is 10.6 Å². The zero-order valence-corrected chi connectivity index (χ0v) is 8.22. The van der Waals surface area contributed by atoms with Crippen molar-refractivity contribution in [1.29, 1.82) is 0 Å². The quantitative estimate of drug-likeness (QED) is 0.476. The van der Waals surface area contributed by atoms with Gasteiger partial charge in [-0.1, -0.05) is 12.8 Å². The van der Waals surface area contributed by atoms with Crippen molar-refractivity contribution < 1.29 is 4.79 Å². The molecule has 0 aliphatic carbocycles. The number of carbonyl (C=O) groups excluding carboxylic acids is 1. The summed E-state index contributed by atoms with van der Waals surface area (Å²) in [4.78, 5) is 9.95. The highest BCUT2D eigenvalue weighted by Gasteiger charge is 2.11. The Morgan fingerprint density at radius 2 is 2.08 bits per heavy atom. The van der Waals surface area contributed by atoms with Crippen LogP contribution in [0.4, 0.5) is 0 Å². The molecule has 0 bridgehead atoms. The van der Waals surface area contributed by atoms with Gasteiger partial charge in [0.05, 0.1) is 0 Å². The second-order valence-corrected chi connectivity index (χ2v) is 3.76. The highest BCUT2D eigenvalue weighted by atomic mass is 16.1. The lowest BCUT2D eigenvalue weighted by Gasteiger charge is -2.22. The number of hydrogen-bond donors (Lipinski definition) is 2. The third kappa shape index (κ3) is 4.88. The maximum absolute atomic E-state index is 9.95. The van der Waals surface area contributed by atoms with Gasteiger partial charge in [-0.15, -0.1) is 0 Å². The Hall–Kier alpha value is -0.570. The van der Waals surface area contributed by atoms with Gasteiger partial charge in [0.15, 0.2) is 0 Å². The van der Waals surface area contributed by atoms with Crippen molar-refractivity contribution in [2.75, 3.05) is 19.6 Å². The lowest BCUT2D eigenvalue weighted by atomic mass is 9.92. The molecular weight excluding hydrogens is 164 g/mol. The molecule has 1 saturated heterocycles. The number of unbranched alkanes of at least 4 members (excludes halogenated alkanes) is 1. The van der Waals surface area contributed by atoms with E-state index in [2.05, 4.69) is 10.6 Å². The van der Waals surface area contributed by atoms with Gasteiger partial charge in [-0.2, -0.15) is 0 Å². The third-order valence-electron chi connectivity index (χ3n) is 2.73. The van der Waals surface area contributed by atoms with Crippen LogP contribution in [0.1, 0.15) is 32.1 Å². The summed E-state index contributed by atoms with van der Waals surface area (Å²) < 4.78 is 0. The van der Waals surface area contributed by atoms with Crippen molar-refractivity contribution in [2.45, 2.75) is 32.1 Å². The predicted molar refractivity (Wildman–Crippen MR) is 53.5 cm³/mol. The van der Waals surface area contributed by atoms with E-state index in [0.717, 1.165) is 25.3 Å². The Morgan fingerprint density at radius 3 is 2.77 bits per heavy atom. The first-order valence-corrected chi connectivity index (χ1v) is 5.31. The van der Waals surface area contributed by atoms with Gasteiger partial charge in [0, 0.05) is 6.54 Å². The summed E-state index contributed by atoms with van der Waals surface area (Å²) in [6.07, 6.45) is 7.17. The van der Waals surface area contributed by atoms with Gasteiger partial charge in [0.1, 0.15) is 0 Å². The van der Waals surface area contributed by atoms with Gasteiger partial charge >= 0.3 is 0 Å². The molecule has 1 heterocycles. The Bertz CT molecular complexity index is 133. The van der Waals surface area contributed by atoms with Crippen molar-refractivity contribution in [3.05, 3.63) is 0 Å². The fourth-order valence-electron chi connectivity index (χ4n) is 1.89. The van der Waals surface area contributed by atoms with Crippen molar-refractivity contribution >= 4 is 6.41 Å². The van der Waals surface area contributed by atoms with Gasteiger partial charge in [-0.3, -0.25) is 4.79 Å². The van der Waals surface area contributed by atoms with Crippen LogP contribution in [-0.4, -0.2) is 26.0 Å². The van der Waals surface area contributed by atoms with E-state index in [1.807, 2.05) is 0 Å². The molecule has 0 saturated carbocycles. The van der Waals surface area contributed by atoms with E-state index in [1.165, 1.54) is 38.8 Å². The molecule has 0 spiro atoms. The smallest absolute Gasteiger partial charge is 0.207 e. The molecule has 0 aromatic heterocycles. The zero-order valence-electron chi connectivity index (χ0n) is 8.22. The number of carbonyl (C=O) groups is 1. The van der Waals surface area contributed by atoms with Gasteiger partial charge in [0.2, 0.25) is 6.41 Å². The molecule has 0 aromatic carbocycles. The van der Waals surface area contributed by atoms with Gasteiger partial charge in [-0.05, 0) is 38.3 Å². The molecule has 2 N–H and O–H groups in total. The van der Waals surface area contributed by atoms with Crippen LogP contribution in [0.5, 0.6) is 0 Å². The van der Waals surface area contributed by atoms with Gasteiger partial charge < -0.3 is 10.6 Å². The lowest BCUT2D eigenvalue weighted by Crippen LogP contribution is -2.27. The van der Waals surface area contributed by atoms with Crippen LogP contribution in [0.15, 0.2) is 0 Å². The molecular formula is C10H20N2O. The number of nitrogens with one attached hydrogen (secondary N) is 2. The number of piperidine rings is 1. The predicted octanol–water partition coefficient (Wildman–Crippen LogP) is 0.902. The van der Waals surface area contributed by atoms with E-state index in [4.69, 9.17) is 0 Å². The molecule has 0 atom stereocenters. The lowest BCUT2D eigenvalue weighted by molar-refractivity contribution is -0.109. The fourth-order valence-corrected chi connectivity index (χ4v) is 1.89. The monoisotopic (exact) mass is 184 g/mol. The van der Waals surface area contributed by atoms with E-state index in [1.54, 1.807) is 0 Å². The summed E-state index contributed by atoms with van der Waals surface area (Å²) in [6.45, 7) is 3.23. The Balaban J connectivity index is 1.89. The molecule has 0 aromatic rings. The average molecular weight is 184 g/mol. The summed E-state index contributed by atoms with van der Waals surface area (Å²) in [5.74, 6) is 0.928. The van der Waals surface area contributed by atoms with Gasteiger partial charge in [0.25, 0.3) is 0 Å². The minimum atomic E-state index is 0.782. The summed E-state index contributed by atoms with van der Waals surface area (Å²) in [5, 5.41) is 6.06. The maximum Gasteiger partial charge on any atom is 0.207 e. The van der Waals surface area contributed by atoms with Crippen molar-refractivity contribution in [3.8, 4) is 0 Å². The first-order valence-electron chi connectivity index (χ1n) is 5.31. The van der Waals surface area contributed by atoms with Crippen molar-refractivity contribution in [2.24, 2.45) is 5.92 Å². The van der Waals surface area contributed by atoms with Crippen molar-refractivity contribution in [3.63, 3.8) is 0 Å². The molecule has 1 fully saturated rings. The second kappa shape index (κ2) is 6.89. The highest BCUT2D eigenvalue weighted by Crippen LogP contribution is 2.18. The molecule has 1 aliphatic heterocycles. The largest absolute Gasteiger partial charge is 0.359 e. The zero-order chi connectivity index (χ0) is 9.36. The molecule has 1 aliphatic rings. The third-order valence-corrected chi connectivity index (χ3v) is 2.73. The molecule has 13 heavy (non-hydrogen) atoms. The molecule has 3 nitrogen and oxygen atoms in total. The Kier molecular flexibility index (Phi) is 5.57. The van der Waals surface area contributed by atoms with E-state index in [-0.39, 0.29) is 0 Å². The SMILES string of the molecule is O=CNCCCCC1CCNCC1. The summed E-state index contributed by atoms with van der Waals surface area (Å²) in [6, 6.07) is 0. The number of hydrogen-bond acceptors (Lipinski definition) is 2. The number of rotatable bonds is 6. The minimum Gasteiger partial charge on any atom is -0.359 e. The molecule has 0 radical (unpaired) electrons. The van der Waals surface area contributed by atoms with Crippen LogP contribution >= 0.6 is 0 Å². The average Bonchev–Trinajstić information content (AvgIpc) is 2.19. The van der Waals surface area contributed by atoms with Crippen LogP contribution < -0.4 is 10.6 Å². The summed E-state index contributed by atoms with van der Waals surface area (Å²) in [5.41, 5.74) is 0. The molecule has 1 amide bonds. The summed E-state index contributed by atoms with van der Waals surface area (Å²) in [7, 11) is 0. The number of amides is 1. The van der Waals surface area contributed by atoms with Crippen LogP contribution in [0.2, 0.25) is 0 Å². The molecule has 76 valence electrons. The topological polar surface area (TPSA) is 41.1 Å². The van der Waals surface area contributed by atoms with Crippen LogP contribution in [0.3, 0.4) is 0 Å². The fraction of sp³-hybridized carbons (Fsp3) is 0.900. The maximum atomic E-state index is 9.95. The Morgan fingerprint density at radius 1 is 1.31 bits per heavy atom. The van der Waals surface area contributed by atoms with E-state index < -0.39 is 0 Å².